The Morgan fingerprint density at radius 1 is 1.00 bits per heavy atom. The minimum absolute atomic E-state index is 0.850. The number of rotatable bonds is 2. The highest BCUT2D eigenvalue weighted by molar-refractivity contribution is 14.1. The maximum absolute atomic E-state index is 6.01. The summed E-state index contributed by atoms with van der Waals surface area (Å²) in [5, 5.41) is 1.03. The monoisotopic (exact) mass is 361 g/mol. The van der Waals surface area contributed by atoms with Gasteiger partial charge in [-0.1, -0.05) is 18.2 Å². The molecule has 0 aliphatic heterocycles. The van der Waals surface area contributed by atoms with Gasteiger partial charge < -0.3 is 4.74 Å². The number of para-hydroxylation sites is 1. The van der Waals surface area contributed by atoms with E-state index in [2.05, 4.69) is 27.6 Å². The largest absolute Gasteiger partial charge is 0.457 e. The molecular formula is C16H12INO. The first-order valence-electron chi connectivity index (χ1n) is 6.02. The Hall–Kier alpha value is -1.62. The standard InChI is InChI=1S/C16H12INO/c1-11-9-16(14-7-2-3-8-15(14)18-11)19-13-6-4-5-12(17)10-13/h2-10H,1H3. The molecule has 2 aromatic carbocycles. The topological polar surface area (TPSA) is 22.1 Å². The molecule has 94 valence electrons. The van der Waals surface area contributed by atoms with Crippen molar-refractivity contribution in [2.24, 2.45) is 0 Å². The Labute approximate surface area is 125 Å². The lowest BCUT2D eigenvalue weighted by Gasteiger charge is -2.10. The van der Waals surface area contributed by atoms with Crippen molar-refractivity contribution in [1.29, 1.82) is 0 Å². The van der Waals surface area contributed by atoms with E-state index in [9.17, 15) is 0 Å². The van der Waals surface area contributed by atoms with Crippen LogP contribution in [0.2, 0.25) is 0 Å². The number of pyridine rings is 1. The molecule has 0 spiro atoms. The van der Waals surface area contributed by atoms with E-state index in [1.807, 2.05) is 61.5 Å². The van der Waals surface area contributed by atoms with Crippen molar-refractivity contribution in [2.45, 2.75) is 6.92 Å². The summed E-state index contributed by atoms with van der Waals surface area (Å²) >= 11 is 2.28. The zero-order chi connectivity index (χ0) is 13.2. The average molecular weight is 361 g/mol. The maximum Gasteiger partial charge on any atom is 0.138 e. The molecule has 0 aliphatic rings. The van der Waals surface area contributed by atoms with Crippen LogP contribution in [0.3, 0.4) is 0 Å². The number of halogens is 1. The van der Waals surface area contributed by atoms with Crippen LogP contribution in [0.15, 0.2) is 54.6 Å². The minimum atomic E-state index is 0.850. The summed E-state index contributed by atoms with van der Waals surface area (Å²) in [4.78, 5) is 4.51. The van der Waals surface area contributed by atoms with Gasteiger partial charge in [0.2, 0.25) is 0 Å². The predicted octanol–water partition coefficient (Wildman–Crippen LogP) is 4.94. The lowest BCUT2D eigenvalue weighted by Crippen LogP contribution is -1.90. The molecule has 0 bridgehead atoms. The third-order valence-electron chi connectivity index (χ3n) is 2.83. The van der Waals surface area contributed by atoms with Crippen LogP contribution in [0, 0.1) is 10.5 Å². The van der Waals surface area contributed by atoms with Gasteiger partial charge in [-0.05, 0) is 59.8 Å². The third kappa shape index (κ3) is 2.71. The number of hydrogen-bond acceptors (Lipinski definition) is 2. The van der Waals surface area contributed by atoms with Crippen LogP contribution in [-0.4, -0.2) is 4.98 Å². The Morgan fingerprint density at radius 3 is 2.68 bits per heavy atom. The average Bonchev–Trinajstić information content (AvgIpc) is 2.38. The van der Waals surface area contributed by atoms with Gasteiger partial charge in [0.05, 0.1) is 5.52 Å². The van der Waals surface area contributed by atoms with E-state index in [0.29, 0.717) is 0 Å². The van der Waals surface area contributed by atoms with Gasteiger partial charge in [-0.15, -0.1) is 0 Å². The molecule has 3 rings (SSSR count). The first-order chi connectivity index (χ1) is 9.22. The highest BCUT2D eigenvalue weighted by Crippen LogP contribution is 2.30. The molecule has 3 heteroatoms. The number of aromatic nitrogens is 1. The molecule has 1 heterocycles. The minimum Gasteiger partial charge on any atom is -0.457 e. The normalized spacial score (nSPS) is 10.6. The van der Waals surface area contributed by atoms with Crippen molar-refractivity contribution in [3.05, 3.63) is 63.9 Å². The number of hydrogen-bond donors (Lipinski definition) is 0. The zero-order valence-corrected chi connectivity index (χ0v) is 12.6. The second-order valence-corrected chi connectivity index (χ2v) is 5.58. The second-order valence-electron chi connectivity index (χ2n) is 4.34. The lowest BCUT2D eigenvalue weighted by atomic mass is 10.2. The van der Waals surface area contributed by atoms with E-state index >= 15 is 0 Å². The van der Waals surface area contributed by atoms with Gasteiger partial charge in [-0.2, -0.15) is 0 Å². The maximum atomic E-state index is 6.01. The van der Waals surface area contributed by atoms with Gasteiger partial charge >= 0.3 is 0 Å². The van der Waals surface area contributed by atoms with Gasteiger partial charge in [-0.25, -0.2) is 0 Å². The molecule has 0 fully saturated rings. The Balaban J connectivity index is 2.09. The second kappa shape index (κ2) is 5.17. The third-order valence-corrected chi connectivity index (χ3v) is 3.50. The van der Waals surface area contributed by atoms with Crippen molar-refractivity contribution in [1.82, 2.24) is 4.98 Å². The zero-order valence-electron chi connectivity index (χ0n) is 10.4. The van der Waals surface area contributed by atoms with Crippen LogP contribution in [0.1, 0.15) is 5.69 Å². The summed E-state index contributed by atoms with van der Waals surface area (Å²) in [6.07, 6.45) is 0. The molecule has 3 aromatic rings. The smallest absolute Gasteiger partial charge is 0.138 e. The lowest BCUT2D eigenvalue weighted by molar-refractivity contribution is 0.487. The van der Waals surface area contributed by atoms with Crippen LogP contribution >= 0.6 is 22.6 Å². The number of fused-ring (bicyclic) bond motifs is 1. The Kier molecular flexibility index (Phi) is 3.38. The van der Waals surface area contributed by atoms with Gasteiger partial charge in [0.15, 0.2) is 0 Å². The van der Waals surface area contributed by atoms with Crippen molar-refractivity contribution < 1.29 is 4.74 Å². The van der Waals surface area contributed by atoms with Crippen LogP contribution in [0.4, 0.5) is 0 Å². The van der Waals surface area contributed by atoms with E-state index in [1.54, 1.807) is 0 Å². The molecule has 1 aromatic heterocycles. The Bertz CT molecular complexity index is 740. The van der Waals surface area contributed by atoms with Crippen molar-refractivity contribution >= 4 is 33.5 Å². The molecule has 0 saturated heterocycles. The summed E-state index contributed by atoms with van der Waals surface area (Å²) in [5.74, 6) is 1.70. The summed E-state index contributed by atoms with van der Waals surface area (Å²) in [7, 11) is 0. The van der Waals surface area contributed by atoms with Crippen molar-refractivity contribution in [3.8, 4) is 11.5 Å². The molecule has 2 nitrogen and oxygen atoms in total. The molecule has 0 amide bonds. The SMILES string of the molecule is Cc1cc(Oc2cccc(I)c2)c2ccccc2n1. The van der Waals surface area contributed by atoms with E-state index in [1.165, 1.54) is 0 Å². The van der Waals surface area contributed by atoms with Crippen LogP contribution in [0.5, 0.6) is 11.5 Å². The van der Waals surface area contributed by atoms with E-state index in [0.717, 1.165) is 31.7 Å². The van der Waals surface area contributed by atoms with Gasteiger partial charge in [0.25, 0.3) is 0 Å². The van der Waals surface area contributed by atoms with E-state index < -0.39 is 0 Å². The number of ether oxygens (including phenoxy) is 1. The predicted molar refractivity (Wildman–Crippen MR) is 85.7 cm³/mol. The fourth-order valence-electron chi connectivity index (χ4n) is 2.01. The van der Waals surface area contributed by atoms with Gasteiger partial charge in [0, 0.05) is 20.7 Å². The first-order valence-corrected chi connectivity index (χ1v) is 7.10. The highest BCUT2D eigenvalue weighted by atomic mass is 127. The summed E-state index contributed by atoms with van der Waals surface area (Å²) in [6, 6.07) is 18.0. The van der Waals surface area contributed by atoms with Crippen LogP contribution < -0.4 is 4.74 Å². The number of nitrogens with zero attached hydrogens (tertiary/aromatic N) is 1. The fourth-order valence-corrected chi connectivity index (χ4v) is 2.53. The number of aryl methyl sites for hydroxylation is 1. The van der Waals surface area contributed by atoms with Gasteiger partial charge in [0.1, 0.15) is 11.5 Å². The number of benzene rings is 2. The molecule has 0 radical (unpaired) electrons. The molecule has 0 aliphatic carbocycles. The van der Waals surface area contributed by atoms with E-state index in [4.69, 9.17) is 4.74 Å². The first kappa shape index (κ1) is 12.4. The van der Waals surface area contributed by atoms with Crippen molar-refractivity contribution in [3.63, 3.8) is 0 Å². The highest BCUT2D eigenvalue weighted by Gasteiger charge is 2.06. The molecule has 0 atom stereocenters. The fraction of sp³-hybridized carbons (Fsp3) is 0.0625. The van der Waals surface area contributed by atoms with Gasteiger partial charge in [-0.3, -0.25) is 4.98 Å². The van der Waals surface area contributed by atoms with Crippen molar-refractivity contribution in [2.75, 3.05) is 0 Å². The summed E-state index contributed by atoms with van der Waals surface area (Å²) in [6.45, 7) is 1.98. The molecular weight excluding hydrogens is 349 g/mol. The molecule has 19 heavy (non-hydrogen) atoms. The van der Waals surface area contributed by atoms with E-state index in [-0.39, 0.29) is 0 Å². The molecule has 0 N–H and O–H groups in total. The quantitative estimate of drug-likeness (QED) is 0.603. The van der Waals surface area contributed by atoms with Crippen LogP contribution in [0.25, 0.3) is 10.9 Å². The molecule has 0 saturated carbocycles. The Morgan fingerprint density at radius 2 is 1.84 bits per heavy atom. The summed E-state index contributed by atoms with van der Waals surface area (Å²) in [5.41, 5.74) is 1.92. The summed E-state index contributed by atoms with van der Waals surface area (Å²) < 4.78 is 7.17. The van der Waals surface area contributed by atoms with Crippen LogP contribution in [-0.2, 0) is 0 Å². The molecule has 0 unspecified atom stereocenters.